The van der Waals surface area contributed by atoms with Crippen LogP contribution < -0.4 is 5.32 Å². The molecular formula is C13H14ClFN2S. The number of aromatic nitrogens is 1. The van der Waals surface area contributed by atoms with Gasteiger partial charge in [-0.05, 0) is 31.7 Å². The van der Waals surface area contributed by atoms with E-state index in [0.29, 0.717) is 15.6 Å². The second-order valence-electron chi connectivity index (χ2n) is 3.97. The number of hydrogen-bond donors (Lipinski definition) is 1. The average Bonchev–Trinajstić information content (AvgIpc) is 2.78. The highest BCUT2D eigenvalue weighted by Crippen LogP contribution is 2.31. The van der Waals surface area contributed by atoms with Crippen LogP contribution in [0.1, 0.15) is 24.8 Å². The van der Waals surface area contributed by atoms with Gasteiger partial charge in [-0.3, -0.25) is 0 Å². The molecule has 0 aliphatic carbocycles. The van der Waals surface area contributed by atoms with E-state index in [-0.39, 0.29) is 11.9 Å². The molecule has 0 spiro atoms. The minimum atomic E-state index is -0.334. The Morgan fingerprint density at radius 3 is 2.94 bits per heavy atom. The minimum Gasteiger partial charge on any atom is -0.310 e. The maximum absolute atomic E-state index is 13.8. The molecule has 1 N–H and O–H groups in total. The topological polar surface area (TPSA) is 24.9 Å². The first kappa shape index (κ1) is 13.5. The summed E-state index contributed by atoms with van der Waals surface area (Å²) in [5.41, 5.74) is 0.499. The van der Waals surface area contributed by atoms with Crippen molar-refractivity contribution in [3.05, 3.63) is 40.1 Å². The molecule has 2 rings (SSSR count). The predicted molar refractivity (Wildman–Crippen MR) is 74.6 cm³/mol. The fourth-order valence-electron chi connectivity index (χ4n) is 1.68. The van der Waals surface area contributed by atoms with E-state index in [2.05, 4.69) is 24.1 Å². The van der Waals surface area contributed by atoms with Crippen molar-refractivity contribution in [3.63, 3.8) is 0 Å². The highest BCUT2D eigenvalue weighted by atomic mass is 35.5. The maximum Gasteiger partial charge on any atom is 0.134 e. The first-order chi connectivity index (χ1) is 8.61. The average molecular weight is 285 g/mol. The zero-order valence-corrected chi connectivity index (χ0v) is 11.8. The van der Waals surface area contributed by atoms with Crippen molar-refractivity contribution in [1.82, 2.24) is 10.3 Å². The normalized spacial score (nSPS) is 12.7. The van der Waals surface area contributed by atoms with Crippen molar-refractivity contribution < 1.29 is 4.39 Å². The zero-order valence-electron chi connectivity index (χ0n) is 10.2. The van der Waals surface area contributed by atoms with Crippen molar-refractivity contribution in [2.75, 3.05) is 6.54 Å². The van der Waals surface area contributed by atoms with Crippen LogP contribution in [0.25, 0.3) is 10.6 Å². The van der Waals surface area contributed by atoms with Gasteiger partial charge in [-0.1, -0.05) is 18.5 Å². The zero-order chi connectivity index (χ0) is 13.1. The highest BCUT2D eigenvalue weighted by molar-refractivity contribution is 7.15. The molecule has 1 atom stereocenters. The molecule has 1 unspecified atom stereocenters. The maximum atomic E-state index is 13.8. The number of thiazole rings is 1. The molecule has 96 valence electrons. The van der Waals surface area contributed by atoms with E-state index in [1.165, 1.54) is 17.4 Å². The largest absolute Gasteiger partial charge is 0.310 e. The SMILES string of the molecule is CCNC(C)c1cnc(-c2ccc(Cl)cc2F)s1. The lowest BCUT2D eigenvalue weighted by Crippen LogP contribution is -2.16. The smallest absolute Gasteiger partial charge is 0.134 e. The monoisotopic (exact) mass is 284 g/mol. The van der Waals surface area contributed by atoms with Gasteiger partial charge in [0.05, 0.1) is 0 Å². The molecule has 0 fully saturated rings. The van der Waals surface area contributed by atoms with E-state index in [0.717, 1.165) is 11.4 Å². The summed E-state index contributed by atoms with van der Waals surface area (Å²) in [5, 5.41) is 4.39. The molecule has 2 nitrogen and oxygen atoms in total. The summed E-state index contributed by atoms with van der Waals surface area (Å²) in [4.78, 5) is 5.37. The Kier molecular flexibility index (Phi) is 4.32. The number of nitrogens with one attached hydrogen (secondary N) is 1. The molecule has 0 amide bonds. The Morgan fingerprint density at radius 1 is 1.50 bits per heavy atom. The van der Waals surface area contributed by atoms with Gasteiger partial charge in [0, 0.05) is 27.7 Å². The van der Waals surface area contributed by atoms with Crippen molar-refractivity contribution in [2.24, 2.45) is 0 Å². The Balaban J connectivity index is 2.29. The van der Waals surface area contributed by atoms with Crippen molar-refractivity contribution in [2.45, 2.75) is 19.9 Å². The van der Waals surface area contributed by atoms with Gasteiger partial charge < -0.3 is 5.32 Å². The van der Waals surface area contributed by atoms with Crippen LogP contribution in [-0.4, -0.2) is 11.5 Å². The summed E-state index contributed by atoms with van der Waals surface area (Å²) >= 11 is 7.23. The molecule has 0 saturated heterocycles. The van der Waals surface area contributed by atoms with Gasteiger partial charge in [0.15, 0.2) is 0 Å². The molecule has 1 heterocycles. The second-order valence-corrected chi connectivity index (χ2v) is 5.47. The molecule has 5 heteroatoms. The third kappa shape index (κ3) is 2.88. The number of benzene rings is 1. The fraction of sp³-hybridized carbons (Fsp3) is 0.308. The summed E-state index contributed by atoms with van der Waals surface area (Å²) < 4.78 is 13.8. The van der Waals surface area contributed by atoms with Crippen LogP contribution in [0.5, 0.6) is 0 Å². The number of rotatable bonds is 4. The Morgan fingerprint density at radius 2 is 2.28 bits per heavy atom. The second kappa shape index (κ2) is 5.78. The van der Waals surface area contributed by atoms with E-state index in [4.69, 9.17) is 11.6 Å². The van der Waals surface area contributed by atoms with Crippen molar-refractivity contribution >= 4 is 22.9 Å². The molecule has 0 aliphatic rings. The van der Waals surface area contributed by atoms with E-state index in [1.807, 2.05) is 0 Å². The fourth-order valence-corrected chi connectivity index (χ4v) is 2.81. The van der Waals surface area contributed by atoms with Gasteiger partial charge in [-0.15, -0.1) is 11.3 Å². The standard InChI is InChI=1S/C13H14ClFN2S/c1-3-16-8(2)12-7-17-13(18-12)10-5-4-9(14)6-11(10)15/h4-8,16H,3H2,1-2H3. The quantitative estimate of drug-likeness (QED) is 0.907. The lowest BCUT2D eigenvalue weighted by atomic mass is 10.2. The molecule has 0 aliphatic heterocycles. The molecule has 0 bridgehead atoms. The van der Waals surface area contributed by atoms with Crippen LogP contribution in [0.4, 0.5) is 4.39 Å². The number of hydrogen-bond acceptors (Lipinski definition) is 3. The third-order valence-electron chi connectivity index (χ3n) is 2.62. The van der Waals surface area contributed by atoms with E-state index < -0.39 is 0 Å². The molecular weight excluding hydrogens is 271 g/mol. The van der Waals surface area contributed by atoms with Gasteiger partial charge in [0.2, 0.25) is 0 Å². The first-order valence-corrected chi connectivity index (χ1v) is 6.95. The van der Waals surface area contributed by atoms with Crippen LogP contribution >= 0.6 is 22.9 Å². The summed E-state index contributed by atoms with van der Waals surface area (Å²) in [6.45, 7) is 5.01. The van der Waals surface area contributed by atoms with E-state index >= 15 is 0 Å². The number of halogens is 2. The van der Waals surface area contributed by atoms with Gasteiger partial charge in [0.25, 0.3) is 0 Å². The Labute approximate surface area is 115 Å². The van der Waals surface area contributed by atoms with Crippen LogP contribution in [0.3, 0.4) is 0 Å². The van der Waals surface area contributed by atoms with Gasteiger partial charge in [-0.2, -0.15) is 0 Å². The molecule has 0 radical (unpaired) electrons. The van der Waals surface area contributed by atoms with Gasteiger partial charge in [-0.25, -0.2) is 9.37 Å². The summed E-state index contributed by atoms with van der Waals surface area (Å²) in [6.07, 6.45) is 1.79. The lowest BCUT2D eigenvalue weighted by molar-refractivity contribution is 0.606. The predicted octanol–water partition coefficient (Wildman–Crippen LogP) is 4.27. The third-order valence-corrected chi connectivity index (χ3v) is 4.07. The Hall–Kier alpha value is -0.970. The van der Waals surface area contributed by atoms with Gasteiger partial charge in [0.1, 0.15) is 10.8 Å². The minimum absolute atomic E-state index is 0.233. The van der Waals surface area contributed by atoms with Gasteiger partial charge >= 0.3 is 0 Å². The van der Waals surface area contributed by atoms with Crippen LogP contribution in [0, 0.1) is 5.82 Å². The number of nitrogens with zero attached hydrogens (tertiary/aromatic N) is 1. The molecule has 1 aromatic carbocycles. The van der Waals surface area contributed by atoms with Crippen molar-refractivity contribution in [3.8, 4) is 10.6 Å². The van der Waals surface area contributed by atoms with Crippen LogP contribution in [0.15, 0.2) is 24.4 Å². The highest BCUT2D eigenvalue weighted by Gasteiger charge is 2.13. The van der Waals surface area contributed by atoms with E-state index in [1.54, 1.807) is 18.3 Å². The summed E-state index contributed by atoms with van der Waals surface area (Å²) in [6, 6.07) is 4.88. The lowest BCUT2D eigenvalue weighted by Gasteiger charge is -2.08. The molecule has 2 aromatic rings. The first-order valence-electron chi connectivity index (χ1n) is 5.76. The van der Waals surface area contributed by atoms with E-state index in [9.17, 15) is 4.39 Å². The molecule has 0 saturated carbocycles. The van der Waals surface area contributed by atoms with Crippen molar-refractivity contribution in [1.29, 1.82) is 0 Å². The summed E-state index contributed by atoms with van der Waals surface area (Å²) in [5.74, 6) is -0.334. The molecule has 18 heavy (non-hydrogen) atoms. The Bertz CT molecular complexity index is 542. The van der Waals surface area contributed by atoms with Crippen LogP contribution in [0.2, 0.25) is 5.02 Å². The summed E-state index contributed by atoms with van der Waals surface area (Å²) in [7, 11) is 0. The van der Waals surface area contributed by atoms with Crippen LogP contribution in [-0.2, 0) is 0 Å². The molecule has 1 aromatic heterocycles.